The third-order valence-electron chi connectivity index (χ3n) is 6.87. The minimum atomic E-state index is -0.561. The lowest BCUT2D eigenvalue weighted by Crippen LogP contribution is -2.21. The number of aryl methyl sites for hydroxylation is 2. The average molecular weight is 768 g/mol. The zero-order valence-electron chi connectivity index (χ0n) is 25.5. The average Bonchev–Trinajstić information content (AvgIpc) is 3.68. The first-order chi connectivity index (χ1) is 22.6. The summed E-state index contributed by atoms with van der Waals surface area (Å²) in [5, 5.41) is 6.49. The van der Waals surface area contributed by atoms with Crippen LogP contribution in [0.3, 0.4) is 0 Å². The second-order valence-corrected chi connectivity index (χ2v) is 11.7. The summed E-state index contributed by atoms with van der Waals surface area (Å²) in [7, 11) is 1.43. The molecule has 242 valence electrons. The van der Waals surface area contributed by atoms with E-state index in [9.17, 15) is 14.0 Å². The molecule has 0 aliphatic carbocycles. The van der Waals surface area contributed by atoms with Crippen molar-refractivity contribution in [2.75, 3.05) is 19.0 Å². The van der Waals surface area contributed by atoms with E-state index in [1.807, 2.05) is 24.3 Å². The number of hydrogen-bond donors (Lipinski definition) is 2. The monoisotopic (exact) mass is 766 g/mol. The molecule has 2 amide bonds. The number of hydrazone groups is 1. The van der Waals surface area contributed by atoms with Crippen LogP contribution in [0.1, 0.15) is 33.3 Å². The fourth-order valence-corrected chi connectivity index (χ4v) is 5.52. The normalized spacial score (nSPS) is 11.0. The van der Waals surface area contributed by atoms with Crippen LogP contribution in [0.15, 0.2) is 97.3 Å². The van der Waals surface area contributed by atoms with Crippen molar-refractivity contribution in [2.24, 2.45) is 5.10 Å². The maximum Gasteiger partial charge on any atom is 0.307 e. The molecule has 0 spiro atoms. The molecule has 13 heteroatoms. The van der Waals surface area contributed by atoms with Gasteiger partial charge in [-0.25, -0.2) is 9.82 Å². The summed E-state index contributed by atoms with van der Waals surface area (Å²) in [6, 6.07) is 22.5. The summed E-state index contributed by atoms with van der Waals surface area (Å²) in [4.78, 5) is 25.0. The fourth-order valence-electron chi connectivity index (χ4n) is 4.59. The Hall–Kier alpha value is -4.88. The van der Waals surface area contributed by atoms with Crippen molar-refractivity contribution < 1.29 is 32.6 Å². The largest absolute Gasteiger partial charge is 0.493 e. The molecule has 3 aromatic carbocycles. The summed E-state index contributed by atoms with van der Waals surface area (Å²) in [5.74, 6) is 0.0299. The van der Waals surface area contributed by atoms with Crippen LogP contribution in [0.25, 0.3) is 5.69 Å². The van der Waals surface area contributed by atoms with Gasteiger partial charge in [-0.2, -0.15) is 5.10 Å². The molecule has 0 aliphatic heterocycles. The van der Waals surface area contributed by atoms with Gasteiger partial charge in [-0.3, -0.25) is 9.59 Å². The van der Waals surface area contributed by atoms with Crippen molar-refractivity contribution in [1.82, 2.24) is 9.99 Å². The van der Waals surface area contributed by atoms with E-state index in [0.717, 1.165) is 17.1 Å². The van der Waals surface area contributed by atoms with Crippen LogP contribution in [-0.4, -0.2) is 36.3 Å². The molecule has 2 N–H and O–H groups in total. The fraction of sp³-hybridized carbons (Fsp3) is 0.147. The van der Waals surface area contributed by atoms with Gasteiger partial charge < -0.3 is 28.5 Å². The molecule has 0 bridgehead atoms. The van der Waals surface area contributed by atoms with Crippen LogP contribution in [0, 0.1) is 19.7 Å². The lowest BCUT2D eigenvalue weighted by molar-refractivity contribution is -0.118. The van der Waals surface area contributed by atoms with Crippen LogP contribution in [0.4, 0.5) is 10.1 Å². The third kappa shape index (κ3) is 8.10. The van der Waals surface area contributed by atoms with E-state index in [0.29, 0.717) is 26.0 Å². The number of furan rings is 1. The predicted molar refractivity (Wildman–Crippen MR) is 182 cm³/mol. The molecule has 47 heavy (non-hydrogen) atoms. The first-order valence-electron chi connectivity index (χ1n) is 14.2. The quantitative estimate of drug-likeness (QED) is 0.0993. The molecule has 0 saturated carbocycles. The molecule has 2 heterocycles. The number of hydrogen-bond acceptors (Lipinski definition) is 7. The molecule has 0 saturated heterocycles. The van der Waals surface area contributed by atoms with E-state index in [1.54, 1.807) is 18.2 Å². The van der Waals surface area contributed by atoms with Crippen molar-refractivity contribution in [3.63, 3.8) is 0 Å². The SMILES string of the molecule is COc1cc(/C=N/NC(=O)c2ccc(COc3ccc(-n4c(C)ccc4C)cc3)o2)c(Br)c(Br)c1OCC(=O)Nc1ccccc1F. The van der Waals surface area contributed by atoms with Crippen molar-refractivity contribution in [1.29, 1.82) is 0 Å². The minimum Gasteiger partial charge on any atom is -0.493 e. The molecule has 0 radical (unpaired) electrons. The van der Waals surface area contributed by atoms with Crippen LogP contribution in [0.5, 0.6) is 17.2 Å². The van der Waals surface area contributed by atoms with Gasteiger partial charge in [-0.15, -0.1) is 0 Å². The van der Waals surface area contributed by atoms with Crippen molar-refractivity contribution in [2.45, 2.75) is 20.5 Å². The molecule has 10 nitrogen and oxygen atoms in total. The summed E-state index contributed by atoms with van der Waals surface area (Å²) in [6.45, 7) is 3.84. The number of nitrogens with one attached hydrogen (secondary N) is 2. The predicted octanol–water partition coefficient (Wildman–Crippen LogP) is 7.72. The van der Waals surface area contributed by atoms with E-state index < -0.39 is 24.2 Å². The lowest BCUT2D eigenvalue weighted by atomic mass is 10.2. The van der Waals surface area contributed by atoms with Gasteiger partial charge in [0.05, 0.1) is 23.5 Å². The standard InChI is InChI=1S/C34H29Br2FN4O6/c1-20-8-9-21(2)41(20)23-10-12-24(13-11-23)45-18-25-14-15-28(47-25)34(43)40-38-17-22-16-29(44-3)33(32(36)31(22)35)46-19-30(42)39-27-7-5-4-6-26(27)37/h4-17H,18-19H2,1-3H3,(H,39,42)(H,40,43)/b38-17+. The van der Waals surface area contributed by atoms with E-state index in [2.05, 4.69) is 78.3 Å². The Balaban J connectivity index is 1.15. The van der Waals surface area contributed by atoms with Crippen LogP contribution >= 0.6 is 31.9 Å². The van der Waals surface area contributed by atoms with E-state index in [4.69, 9.17) is 18.6 Å². The second kappa shape index (κ2) is 15.1. The highest BCUT2D eigenvalue weighted by atomic mass is 79.9. The van der Waals surface area contributed by atoms with Crippen LogP contribution in [-0.2, 0) is 11.4 Å². The maximum absolute atomic E-state index is 13.9. The Bertz CT molecular complexity index is 1920. The van der Waals surface area contributed by atoms with Gasteiger partial charge in [0, 0.05) is 27.1 Å². The number of carbonyl (C=O) groups excluding carboxylic acids is 2. The number of amides is 2. The smallest absolute Gasteiger partial charge is 0.307 e. The number of rotatable bonds is 12. The number of methoxy groups -OCH3 is 1. The number of ether oxygens (including phenoxy) is 3. The molecule has 0 aliphatic rings. The lowest BCUT2D eigenvalue weighted by Gasteiger charge is -2.15. The number of nitrogens with zero attached hydrogens (tertiary/aromatic N) is 2. The Kier molecular flexibility index (Phi) is 10.8. The number of carbonyl (C=O) groups is 2. The Morgan fingerprint density at radius 3 is 2.38 bits per heavy atom. The van der Waals surface area contributed by atoms with Gasteiger partial charge in [0.25, 0.3) is 5.91 Å². The third-order valence-corrected chi connectivity index (χ3v) is 9.02. The molecule has 0 unspecified atom stereocenters. The number of aromatic nitrogens is 1. The molecular weight excluding hydrogens is 739 g/mol. The van der Waals surface area contributed by atoms with Crippen molar-refractivity contribution >= 4 is 55.6 Å². The highest BCUT2D eigenvalue weighted by Gasteiger charge is 2.19. The molecule has 5 aromatic rings. The molecule has 0 atom stereocenters. The van der Waals surface area contributed by atoms with Crippen LogP contribution in [0.2, 0.25) is 0 Å². The number of para-hydroxylation sites is 1. The zero-order chi connectivity index (χ0) is 33.5. The highest BCUT2D eigenvalue weighted by molar-refractivity contribution is 9.13. The maximum atomic E-state index is 13.9. The molecule has 2 aromatic heterocycles. The van der Waals surface area contributed by atoms with Gasteiger partial charge in [0.1, 0.15) is 23.9 Å². The molecule has 0 fully saturated rings. The van der Waals surface area contributed by atoms with Gasteiger partial charge in [-0.1, -0.05) is 12.1 Å². The summed E-state index contributed by atoms with van der Waals surface area (Å²) >= 11 is 6.91. The summed E-state index contributed by atoms with van der Waals surface area (Å²) in [6.07, 6.45) is 1.40. The second-order valence-electron chi connectivity index (χ2n) is 10.1. The van der Waals surface area contributed by atoms with Crippen molar-refractivity contribution in [3.8, 4) is 22.9 Å². The van der Waals surface area contributed by atoms with Gasteiger partial charge in [0.15, 0.2) is 23.9 Å². The number of benzene rings is 3. The van der Waals surface area contributed by atoms with Gasteiger partial charge in [0.2, 0.25) is 0 Å². The van der Waals surface area contributed by atoms with E-state index >= 15 is 0 Å². The molecule has 5 rings (SSSR count). The minimum absolute atomic E-state index is 0.0426. The Labute approximate surface area is 286 Å². The van der Waals surface area contributed by atoms with Crippen molar-refractivity contribution in [3.05, 3.63) is 122 Å². The summed E-state index contributed by atoms with van der Waals surface area (Å²) < 4.78 is 39.6. The zero-order valence-corrected chi connectivity index (χ0v) is 28.6. The summed E-state index contributed by atoms with van der Waals surface area (Å²) in [5.41, 5.74) is 6.33. The van der Waals surface area contributed by atoms with Crippen LogP contribution < -0.4 is 25.0 Å². The molecular formula is C34H29Br2FN4O6. The van der Waals surface area contributed by atoms with E-state index in [-0.39, 0.29) is 29.6 Å². The van der Waals surface area contributed by atoms with Gasteiger partial charge in [-0.05, 0) is 112 Å². The highest BCUT2D eigenvalue weighted by Crippen LogP contribution is 2.42. The first kappa shape index (κ1) is 33.5. The van der Waals surface area contributed by atoms with E-state index in [1.165, 1.54) is 37.6 Å². The number of anilines is 1. The Morgan fingerprint density at radius 1 is 0.957 bits per heavy atom. The van der Waals surface area contributed by atoms with Gasteiger partial charge >= 0.3 is 5.91 Å². The Morgan fingerprint density at radius 2 is 1.68 bits per heavy atom. The number of halogens is 3. The first-order valence-corrected chi connectivity index (χ1v) is 15.8. The topological polar surface area (TPSA) is 116 Å².